The normalized spacial score (nSPS) is 15.5. The molecule has 0 saturated heterocycles. The second kappa shape index (κ2) is 13.9. The molecule has 0 fully saturated rings. The number of benzene rings is 2. The lowest BCUT2D eigenvalue weighted by Gasteiger charge is -2.27. The lowest BCUT2D eigenvalue weighted by atomic mass is 9.98. The van der Waals surface area contributed by atoms with Gasteiger partial charge in [0.05, 0.1) is 0 Å². The summed E-state index contributed by atoms with van der Waals surface area (Å²) in [6.07, 6.45) is -3.24. The van der Waals surface area contributed by atoms with Crippen molar-refractivity contribution >= 4 is 23.5 Å². The molecule has 198 valence electrons. The summed E-state index contributed by atoms with van der Waals surface area (Å²) >= 11 is 5.83. The molecule has 0 unspecified atom stereocenters. The van der Waals surface area contributed by atoms with E-state index in [1.807, 2.05) is 18.2 Å². The van der Waals surface area contributed by atoms with Crippen LogP contribution in [0.4, 0.5) is 13.2 Å². The van der Waals surface area contributed by atoms with Gasteiger partial charge in [-0.3, -0.25) is 4.79 Å². The molecule has 2 aromatic carbocycles. The number of hydrogen-bond acceptors (Lipinski definition) is 6. The molecular formula is C24H27ClF3NO7. The number of rotatable bonds is 10. The molecule has 2 atom stereocenters. The van der Waals surface area contributed by atoms with Crippen molar-refractivity contribution in [1.82, 2.24) is 5.32 Å². The Kier molecular flexibility index (Phi) is 11.3. The minimum absolute atomic E-state index is 0.0387. The van der Waals surface area contributed by atoms with Gasteiger partial charge in [0, 0.05) is 24.5 Å². The first-order valence-electron chi connectivity index (χ1n) is 11.0. The summed E-state index contributed by atoms with van der Waals surface area (Å²) in [5.41, 5.74) is 2.15. The molecule has 36 heavy (non-hydrogen) atoms. The van der Waals surface area contributed by atoms with Crippen LogP contribution in [0.5, 0.6) is 11.5 Å². The van der Waals surface area contributed by atoms with Crippen molar-refractivity contribution in [1.29, 1.82) is 0 Å². The minimum atomic E-state index is -5.08. The third kappa shape index (κ3) is 10.7. The van der Waals surface area contributed by atoms with Crippen molar-refractivity contribution < 1.29 is 47.6 Å². The Balaban J connectivity index is 0.000000572. The molecular weight excluding hydrogens is 507 g/mol. The van der Waals surface area contributed by atoms with Gasteiger partial charge in [0.25, 0.3) is 0 Å². The molecule has 12 heteroatoms. The van der Waals surface area contributed by atoms with Crippen LogP contribution in [-0.4, -0.2) is 65.3 Å². The molecule has 4 N–H and O–H groups in total. The Morgan fingerprint density at radius 1 is 1.17 bits per heavy atom. The number of aryl methyl sites for hydroxylation is 2. The molecule has 1 aliphatic rings. The van der Waals surface area contributed by atoms with Crippen LogP contribution in [0.3, 0.4) is 0 Å². The van der Waals surface area contributed by atoms with Crippen molar-refractivity contribution in [2.45, 2.75) is 44.1 Å². The fraction of sp³-hybridized carbons (Fsp3) is 0.417. The smallest absolute Gasteiger partial charge is 0.490 e. The van der Waals surface area contributed by atoms with E-state index in [4.69, 9.17) is 36.1 Å². The zero-order valence-electron chi connectivity index (χ0n) is 19.1. The molecule has 0 aliphatic carbocycles. The molecule has 0 saturated carbocycles. The fourth-order valence-electron chi connectivity index (χ4n) is 3.24. The zero-order chi connectivity index (χ0) is 26.7. The summed E-state index contributed by atoms with van der Waals surface area (Å²) in [5, 5.41) is 29.9. The maximum Gasteiger partial charge on any atom is 0.490 e. The molecule has 0 amide bonds. The number of carbonyl (C=O) groups is 2. The highest BCUT2D eigenvalue weighted by molar-refractivity contribution is 6.30. The zero-order valence-corrected chi connectivity index (χ0v) is 19.9. The van der Waals surface area contributed by atoms with Gasteiger partial charge in [0.1, 0.15) is 30.3 Å². The molecule has 3 rings (SSSR count). The average Bonchev–Trinajstić information content (AvgIpc) is 2.82. The maximum atomic E-state index is 10.7. The van der Waals surface area contributed by atoms with Crippen molar-refractivity contribution in [2.75, 3.05) is 19.7 Å². The summed E-state index contributed by atoms with van der Waals surface area (Å²) in [4.78, 5) is 19.6. The van der Waals surface area contributed by atoms with Gasteiger partial charge < -0.3 is 30.1 Å². The van der Waals surface area contributed by atoms with E-state index in [0.717, 1.165) is 29.7 Å². The number of fused-ring (bicyclic) bond motifs is 1. The second-order valence-electron chi connectivity index (χ2n) is 7.99. The molecule has 0 aromatic heterocycles. The van der Waals surface area contributed by atoms with E-state index in [0.29, 0.717) is 30.3 Å². The van der Waals surface area contributed by atoms with Crippen molar-refractivity contribution in [2.24, 2.45) is 0 Å². The topological polar surface area (TPSA) is 125 Å². The van der Waals surface area contributed by atoms with Gasteiger partial charge in [-0.1, -0.05) is 23.7 Å². The summed E-state index contributed by atoms with van der Waals surface area (Å²) < 4.78 is 43.3. The number of aliphatic hydroxyl groups is 1. The standard InChI is InChI=1S/C22H26ClNO5.C2HF3O2/c23-17-4-7-19(8-5-17)28-14-18(25)12-24-13-20-6-3-16-11-15(2-10-22(26)27)1-9-21(16)29-20;3-2(4,5)1(6)7/h1,4-5,7-9,11,18,20,24-25H,2-3,6,10,12-14H2,(H,26,27);(H,6,7)/t18-,20+;/m0./s1. The van der Waals surface area contributed by atoms with Gasteiger partial charge in [-0.2, -0.15) is 13.2 Å². The first-order valence-corrected chi connectivity index (χ1v) is 11.4. The summed E-state index contributed by atoms with van der Waals surface area (Å²) in [5.74, 6) is -2.02. The Morgan fingerprint density at radius 2 is 1.83 bits per heavy atom. The van der Waals surface area contributed by atoms with E-state index in [1.165, 1.54) is 0 Å². The van der Waals surface area contributed by atoms with E-state index in [9.17, 15) is 23.1 Å². The van der Waals surface area contributed by atoms with E-state index < -0.39 is 24.2 Å². The molecule has 1 aliphatic heterocycles. The van der Waals surface area contributed by atoms with Crippen molar-refractivity contribution in [3.05, 3.63) is 58.6 Å². The quantitative estimate of drug-likeness (QED) is 0.364. The number of aliphatic carboxylic acids is 2. The highest BCUT2D eigenvalue weighted by atomic mass is 35.5. The predicted molar refractivity (Wildman–Crippen MR) is 125 cm³/mol. The van der Waals surface area contributed by atoms with E-state index in [1.54, 1.807) is 24.3 Å². The first kappa shape index (κ1) is 29.2. The van der Waals surface area contributed by atoms with Crippen LogP contribution >= 0.6 is 11.6 Å². The van der Waals surface area contributed by atoms with Gasteiger partial charge >= 0.3 is 18.1 Å². The molecule has 2 aromatic rings. The Hall–Kier alpha value is -3.02. The third-order valence-corrected chi connectivity index (χ3v) is 5.28. The van der Waals surface area contributed by atoms with E-state index >= 15 is 0 Å². The van der Waals surface area contributed by atoms with Gasteiger partial charge in [0.2, 0.25) is 0 Å². The predicted octanol–water partition coefficient (Wildman–Crippen LogP) is 3.71. The van der Waals surface area contributed by atoms with Crippen LogP contribution in [0.15, 0.2) is 42.5 Å². The average molecular weight is 534 g/mol. The Morgan fingerprint density at radius 3 is 2.44 bits per heavy atom. The number of carboxylic acid groups (broad SMARTS) is 2. The van der Waals surface area contributed by atoms with E-state index in [2.05, 4.69) is 5.32 Å². The SMILES string of the molecule is O=C(O)C(F)(F)F.O=C(O)CCc1ccc2c(c1)CC[C@H](CNC[C@H](O)COc1ccc(Cl)cc1)O2. The number of nitrogens with one attached hydrogen (secondary N) is 1. The molecule has 0 bridgehead atoms. The molecule has 0 radical (unpaired) electrons. The van der Waals surface area contributed by atoms with Gasteiger partial charge in [-0.25, -0.2) is 4.79 Å². The van der Waals surface area contributed by atoms with Crippen LogP contribution in [0, 0.1) is 0 Å². The highest BCUT2D eigenvalue weighted by Gasteiger charge is 2.38. The fourth-order valence-corrected chi connectivity index (χ4v) is 3.37. The highest BCUT2D eigenvalue weighted by Crippen LogP contribution is 2.28. The Labute approximate surface area is 210 Å². The maximum absolute atomic E-state index is 10.7. The Bertz CT molecular complexity index is 1000. The summed E-state index contributed by atoms with van der Waals surface area (Å²) in [7, 11) is 0. The van der Waals surface area contributed by atoms with Crippen molar-refractivity contribution in [3.8, 4) is 11.5 Å². The molecule has 0 spiro atoms. The molecule has 1 heterocycles. The lowest BCUT2D eigenvalue weighted by molar-refractivity contribution is -0.192. The first-order chi connectivity index (χ1) is 16.9. The number of carboxylic acids is 2. The van der Waals surface area contributed by atoms with Crippen LogP contribution < -0.4 is 14.8 Å². The van der Waals surface area contributed by atoms with Crippen LogP contribution in [-0.2, 0) is 22.4 Å². The van der Waals surface area contributed by atoms with Crippen LogP contribution in [0.2, 0.25) is 5.02 Å². The van der Waals surface area contributed by atoms with Gasteiger partial charge in [-0.15, -0.1) is 0 Å². The lowest BCUT2D eigenvalue weighted by Crippen LogP contribution is -2.39. The van der Waals surface area contributed by atoms with Gasteiger partial charge in [-0.05, 0) is 60.7 Å². The van der Waals surface area contributed by atoms with Crippen LogP contribution in [0.1, 0.15) is 24.0 Å². The summed E-state index contributed by atoms with van der Waals surface area (Å²) in [6.45, 7) is 1.24. The summed E-state index contributed by atoms with van der Waals surface area (Å²) in [6, 6.07) is 12.9. The number of aliphatic hydroxyl groups excluding tert-OH is 1. The number of hydrogen-bond donors (Lipinski definition) is 4. The molecule has 8 nitrogen and oxygen atoms in total. The third-order valence-electron chi connectivity index (χ3n) is 5.03. The number of alkyl halides is 3. The van der Waals surface area contributed by atoms with E-state index in [-0.39, 0.29) is 19.1 Å². The monoisotopic (exact) mass is 533 g/mol. The number of ether oxygens (including phenoxy) is 2. The van der Waals surface area contributed by atoms with Crippen molar-refractivity contribution in [3.63, 3.8) is 0 Å². The minimum Gasteiger partial charge on any atom is -0.491 e. The van der Waals surface area contributed by atoms with Crippen LogP contribution in [0.25, 0.3) is 0 Å². The number of halogens is 4. The largest absolute Gasteiger partial charge is 0.491 e. The second-order valence-corrected chi connectivity index (χ2v) is 8.43. The van der Waals surface area contributed by atoms with Gasteiger partial charge in [0.15, 0.2) is 0 Å².